The molecule has 0 radical (unpaired) electrons. The Bertz CT molecular complexity index is 451. The van der Waals surface area contributed by atoms with Crippen LogP contribution in [0.25, 0.3) is 0 Å². The van der Waals surface area contributed by atoms with Crippen molar-refractivity contribution in [2.75, 3.05) is 0 Å². The minimum atomic E-state index is -3.54. The largest absolute Gasteiger partial charge is 0.508 e. The van der Waals surface area contributed by atoms with Crippen molar-refractivity contribution < 1.29 is 13.5 Å². The lowest BCUT2D eigenvalue weighted by atomic mass is 10.0. The van der Waals surface area contributed by atoms with Gasteiger partial charge in [-0.1, -0.05) is 6.07 Å². The Morgan fingerprint density at radius 2 is 1.86 bits per heavy atom. The Kier molecular flexibility index (Phi) is 3.07. The third-order valence-electron chi connectivity index (χ3n) is 2.20. The van der Waals surface area contributed by atoms with Gasteiger partial charge in [0.2, 0.25) is 9.05 Å². The smallest absolute Gasteiger partial charge is 0.236 e. The molecule has 14 heavy (non-hydrogen) atoms. The molecule has 0 unspecified atom stereocenters. The molecule has 3 nitrogen and oxygen atoms in total. The molecule has 0 aliphatic rings. The lowest BCUT2D eigenvalue weighted by Gasteiger charge is -2.08. The van der Waals surface area contributed by atoms with E-state index < -0.39 is 9.05 Å². The number of halogens is 1. The summed E-state index contributed by atoms with van der Waals surface area (Å²) < 4.78 is 21.7. The maximum atomic E-state index is 10.9. The minimum absolute atomic E-state index is 0.165. The van der Waals surface area contributed by atoms with E-state index >= 15 is 0 Å². The number of benzene rings is 1. The first-order valence-corrected chi connectivity index (χ1v) is 6.49. The van der Waals surface area contributed by atoms with Crippen LogP contribution in [0.1, 0.15) is 16.7 Å². The van der Waals surface area contributed by atoms with E-state index in [0.717, 1.165) is 5.56 Å². The van der Waals surface area contributed by atoms with Gasteiger partial charge in [-0.3, -0.25) is 0 Å². The second kappa shape index (κ2) is 3.79. The molecular formula is C9H11ClO3S. The molecule has 0 aliphatic carbocycles. The predicted molar refractivity (Wildman–Crippen MR) is 56.1 cm³/mol. The van der Waals surface area contributed by atoms with Gasteiger partial charge in [-0.05, 0) is 36.6 Å². The molecule has 1 rings (SSSR count). The zero-order valence-corrected chi connectivity index (χ0v) is 9.48. The van der Waals surface area contributed by atoms with Gasteiger partial charge in [-0.25, -0.2) is 8.42 Å². The Balaban J connectivity index is 3.19. The van der Waals surface area contributed by atoms with E-state index in [1.54, 1.807) is 19.9 Å². The fourth-order valence-electron chi connectivity index (χ4n) is 1.20. The van der Waals surface area contributed by atoms with E-state index in [2.05, 4.69) is 0 Å². The van der Waals surface area contributed by atoms with Crippen molar-refractivity contribution in [1.82, 2.24) is 0 Å². The number of hydrogen-bond acceptors (Lipinski definition) is 3. The van der Waals surface area contributed by atoms with Gasteiger partial charge < -0.3 is 5.11 Å². The summed E-state index contributed by atoms with van der Waals surface area (Å²) in [7, 11) is 1.60. The van der Waals surface area contributed by atoms with Crippen molar-refractivity contribution in [3.63, 3.8) is 0 Å². The van der Waals surface area contributed by atoms with Crippen molar-refractivity contribution in [2.45, 2.75) is 19.6 Å². The second-order valence-electron chi connectivity index (χ2n) is 3.18. The molecule has 0 spiro atoms. The summed E-state index contributed by atoms with van der Waals surface area (Å²) in [6.07, 6.45) is 0. The number of rotatable bonds is 2. The van der Waals surface area contributed by atoms with Crippen LogP contribution in [0.15, 0.2) is 12.1 Å². The normalized spacial score (nSPS) is 11.6. The third-order valence-corrected chi connectivity index (χ3v) is 3.18. The monoisotopic (exact) mass is 234 g/mol. The summed E-state index contributed by atoms with van der Waals surface area (Å²) in [6, 6.07) is 3.04. The lowest BCUT2D eigenvalue weighted by molar-refractivity contribution is 0.470. The number of phenols is 1. The molecule has 0 atom stereocenters. The maximum Gasteiger partial charge on any atom is 0.236 e. The molecule has 0 saturated heterocycles. The third kappa shape index (κ3) is 2.62. The summed E-state index contributed by atoms with van der Waals surface area (Å²) in [6.45, 7) is 3.49. The molecule has 0 fully saturated rings. The highest BCUT2D eigenvalue weighted by Crippen LogP contribution is 2.24. The molecule has 1 aromatic rings. The molecule has 0 saturated carbocycles. The topological polar surface area (TPSA) is 54.4 Å². The molecule has 0 aromatic heterocycles. The van der Waals surface area contributed by atoms with E-state index in [1.807, 2.05) is 0 Å². The molecule has 78 valence electrons. The zero-order chi connectivity index (χ0) is 10.9. The van der Waals surface area contributed by atoms with Crippen molar-refractivity contribution in [3.8, 4) is 5.75 Å². The van der Waals surface area contributed by atoms with Crippen molar-refractivity contribution >= 4 is 19.7 Å². The standard InChI is InChI=1S/C9H11ClO3S/c1-6-7(2)9(11)4-3-8(6)5-14(10,12)13/h3-4,11H,5H2,1-2H3. The Morgan fingerprint density at radius 3 is 2.36 bits per heavy atom. The summed E-state index contributed by atoms with van der Waals surface area (Å²) in [4.78, 5) is 0. The Labute approximate surface area is 87.8 Å². The van der Waals surface area contributed by atoms with E-state index in [-0.39, 0.29) is 11.5 Å². The predicted octanol–water partition coefficient (Wildman–Crippen LogP) is 2.08. The molecule has 1 aromatic carbocycles. The quantitative estimate of drug-likeness (QED) is 0.798. The Hall–Kier alpha value is -0.740. The summed E-state index contributed by atoms with van der Waals surface area (Å²) in [5.74, 6) is -0.0418. The zero-order valence-electron chi connectivity index (χ0n) is 7.91. The molecule has 0 heterocycles. The van der Waals surface area contributed by atoms with Crippen LogP contribution in [0.5, 0.6) is 5.75 Å². The van der Waals surface area contributed by atoms with E-state index in [4.69, 9.17) is 10.7 Å². The van der Waals surface area contributed by atoms with Gasteiger partial charge in [0.25, 0.3) is 0 Å². The van der Waals surface area contributed by atoms with Crippen molar-refractivity contribution in [2.24, 2.45) is 0 Å². The number of hydrogen-bond donors (Lipinski definition) is 1. The summed E-state index contributed by atoms with van der Waals surface area (Å²) in [5, 5.41) is 9.34. The average Bonchev–Trinajstić information content (AvgIpc) is 2.04. The van der Waals surface area contributed by atoms with Crippen LogP contribution in [0, 0.1) is 13.8 Å². The van der Waals surface area contributed by atoms with Crippen LogP contribution in [-0.4, -0.2) is 13.5 Å². The van der Waals surface area contributed by atoms with Crippen LogP contribution in [-0.2, 0) is 14.8 Å². The van der Waals surface area contributed by atoms with Gasteiger partial charge >= 0.3 is 0 Å². The number of phenolic OH excluding ortho intramolecular Hbond substituents is 1. The number of aromatic hydroxyl groups is 1. The fraction of sp³-hybridized carbons (Fsp3) is 0.333. The van der Waals surface area contributed by atoms with Gasteiger partial charge in [0.1, 0.15) is 5.75 Å². The van der Waals surface area contributed by atoms with Gasteiger partial charge in [0, 0.05) is 10.7 Å². The highest BCUT2D eigenvalue weighted by atomic mass is 35.7. The van der Waals surface area contributed by atoms with Crippen LogP contribution in [0.3, 0.4) is 0 Å². The van der Waals surface area contributed by atoms with E-state index in [0.29, 0.717) is 11.1 Å². The highest BCUT2D eigenvalue weighted by Gasteiger charge is 2.11. The first kappa shape index (κ1) is 11.3. The maximum absolute atomic E-state index is 10.9. The van der Waals surface area contributed by atoms with E-state index in [1.165, 1.54) is 6.07 Å². The van der Waals surface area contributed by atoms with Crippen LogP contribution >= 0.6 is 10.7 Å². The Morgan fingerprint density at radius 1 is 1.29 bits per heavy atom. The molecule has 0 amide bonds. The van der Waals surface area contributed by atoms with Gasteiger partial charge in [-0.2, -0.15) is 0 Å². The average molecular weight is 235 g/mol. The SMILES string of the molecule is Cc1c(O)ccc(CS(=O)(=O)Cl)c1C. The van der Waals surface area contributed by atoms with Crippen LogP contribution in [0.4, 0.5) is 0 Å². The first-order valence-electron chi connectivity index (χ1n) is 4.01. The van der Waals surface area contributed by atoms with E-state index in [9.17, 15) is 13.5 Å². The molecular weight excluding hydrogens is 224 g/mol. The molecule has 5 heteroatoms. The highest BCUT2D eigenvalue weighted by molar-refractivity contribution is 8.13. The van der Waals surface area contributed by atoms with Crippen molar-refractivity contribution in [1.29, 1.82) is 0 Å². The van der Waals surface area contributed by atoms with Crippen LogP contribution in [0.2, 0.25) is 0 Å². The van der Waals surface area contributed by atoms with Gasteiger partial charge in [0.15, 0.2) is 0 Å². The van der Waals surface area contributed by atoms with Crippen molar-refractivity contribution in [3.05, 3.63) is 28.8 Å². The molecule has 1 N–H and O–H groups in total. The fourth-order valence-corrected chi connectivity index (χ4v) is 2.24. The molecule has 0 aliphatic heterocycles. The summed E-state index contributed by atoms with van der Waals surface area (Å²) >= 11 is 0. The lowest BCUT2D eigenvalue weighted by Crippen LogP contribution is -1.99. The molecule has 0 bridgehead atoms. The minimum Gasteiger partial charge on any atom is -0.508 e. The first-order chi connectivity index (χ1) is 6.31. The second-order valence-corrected chi connectivity index (χ2v) is 5.95. The van der Waals surface area contributed by atoms with Crippen LogP contribution < -0.4 is 0 Å². The van der Waals surface area contributed by atoms with Gasteiger partial charge in [0.05, 0.1) is 5.75 Å². The summed E-state index contributed by atoms with van der Waals surface area (Å²) in [5.41, 5.74) is 2.06. The van der Waals surface area contributed by atoms with Gasteiger partial charge in [-0.15, -0.1) is 0 Å².